The molecule has 0 unspecified atom stereocenters. The van der Waals surface area contributed by atoms with Gasteiger partial charge < -0.3 is 9.55 Å². The minimum atomic E-state index is -0.115. The van der Waals surface area contributed by atoms with Crippen LogP contribution in [0.2, 0.25) is 0 Å². The van der Waals surface area contributed by atoms with Crippen LogP contribution in [0.3, 0.4) is 0 Å². The summed E-state index contributed by atoms with van der Waals surface area (Å²) in [6, 6.07) is 20.6. The van der Waals surface area contributed by atoms with Crippen LogP contribution < -0.4 is 5.56 Å². The lowest BCUT2D eigenvalue weighted by molar-refractivity contribution is 0.571. The SMILES string of the molecule is Cc1ccc(-n2cnnn2)c(-c2cc3n(c(=O)c2)[C@H](c2nc(C)c(-c4cc[c]cc4)[nH]2)CC3)c1. The molecule has 167 valence electrons. The molecule has 1 radical (unpaired) electrons. The van der Waals surface area contributed by atoms with Crippen LogP contribution in [0.5, 0.6) is 0 Å². The first-order chi connectivity index (χ1) is 16.6. The Morgan fingerprint density at radius 1 is 1.06 bits per heavy atom. The lowest BCUT2D eigenvalue weighted by atomic mass is 10.0. The van der Waals surface area contributed by atoms with E-state index in [1.807, 2.05) is 54.8 Å². The van der Waals surface area contributed by atoms with Gasteiger partial charge in [0.15, 0.2) is 0 Å². The van der Waals surface area contributed by atoms with Gasteiger partial charge in [-0.05, 0) is 72.5 Å². The molecule has 1 atom stereocenters. The fraction of sp³-hybridized carbons (Fsp3) is 0.192. The molecule has 34 heavy (non-hydrogen) atoms. The molecular weight excluding hydrogens is 426 g/mol. The summed E-state index contributed by atoms with van der Waals surface area (Å²) in [4.78, 5) is 21.7. The topological polar surface area (TPSA) is 94.3 Å². The number of fused-ring (bicyclic) bond motifs is 1. The van der Waals surface area contributed by atoms with E-state index in [0.717, 1.165) is 63.7 Å². The molecule has 0 bridgehead atoms. The molecule has 1 N–H and O–H groups in total. The van der Waals surface area contributed by atoms with Crippen molar-refractivity contribution < 1.29 is 0 Å². The number of aromatic amines is 1. The van der Waals surface area contributed by atoms with E-state index < -0.39 is 0 Å². The van der Waals surface area contributed by atoms with Gasteiger partial charge in [-0.15, -0.1) is 5.10 Å². The third-order valence-corrected chi connectivity index (χ3v) is 6.42. The summed E-state index contributed by atoms with van der Waals surface area (Å²) in [5, 5.41) is 11.6. The van der Waals surface area contributed by atoms with Crippen LogP contribution >= 0.6 is 0 Å². The van der Waals surface area contributed by atoms with Crippen LogP contribution in [0.15, 0.2) is 65.7 Å². The number of hydrogen-bond acceptors (Lipinski definition) is 5. The second kappa shape index (κ2) is 7.91. The molecule has 8 heteroatoms. The van der Waals surface area contributed by atoms with Crippen LogP contribution in [-0.2, 0) is 6.42 Å². The summed E-state index contributed by atoms with van der Waals surface area (Å²) in [5.74, 6) is 0.818. The number of imidazole rings is 1. The summed E-state index contributed by atoms with van der Waals surface area (Å²) in [5.41, 5.74) is 7.65. The number of rotatable bonds is 4. The standard InChI is InChI=1S/C26H22N7O/c1-16-8-10-22(32-15-27-30-31-32)21(12-16)19-13-20-9-11-23(33(20)24(34)14-19)26-28-17(2)25(29-26)18-6-4-3-5-7-18/h4-8,10,12-15,23H,9,11H2,1-2H3,(H,28,29)/t23-/m0/s1. The maximum atomic E-state index is 13.4. The summed E-state index contributed by atoms with van der Waals surface area (Å²) in [6.45, 7) is 4.02. The average Bonchev–Trinajstić information content (AvgIpc) is 3.59. The van der Waals surface area contributed by atoms with Crippen LogP contribution in [0, 0.1) is 19.9 Å². The summed E-state index contributed by atoms with van der Waals surface area (Å²) in [6.07, 6.45) is 3.18. The number of H-pyrrole nitrogens is 1. The van der Waals surface area contributed by atoms with Crippen molar-refractivity contribution in [1.29, 1.82) is 0 Å². The van der Waals surface area contributed by atoms with Gasteiger partial charge in [0, 0.05) is 17.3 Å². The smallest absolute Gasteiger partial charge is 0.252 e. The third-order valence-electron chi connectivity index (χ3n) is 6.42. The summed E-state index contributed by atoms with van der Waals surface area (Å²) in [7, 11) is 0. The Morgan fingerprint density at radius 3 is 2.71 bits per heavy atom. The highest BCUT2D eigenvalue weighted by molar-refractivity contribution is 5.73. The molecule has 0 saturated heterocycles. The van der Waals surface area contributed by atoms with Crippen molar-refractivity contribution >= 4 is 0 Å². The van der Waals surface area contributed by atoms with E-state index in [1.54, 1.807) is 17.1 Å². The number of aromatic nitrogens is 7. The van der Waals surface area contributed by atoms with Gasteiger partial charge in [0.25, 0.3) is 5.56 Å². The van der Waals surface area contributed by atoms with E-state index in [1.165, 1.54) is 0 Å². The Hall–Kier alpha value is -4.33. The predicted molar refractivity (Wildman–Crippen MR) is 128 cm³/mol. The maximum Gasteiger partial charge on any atom is 0.252 e. The zero-order chi connectivity index (χ0) is 23.2. The fourth-order valence-electron chi connectivity index (χ4n) is 4.84. The Labute approximate surface area is 195 Å². The molecule has 6 rings (SSSR count). The van der Waals surface area contributed by atoms with Crippen LogP contribution in [0.25, 0.3) is 28.1 Å². The van der Waals surface area contributed by atoms with E-state index in [4.69, 9.17) is 4.98 Å². The first kappa shape index (κ1) is 20.3. The Kier molecular flexibility index (Phi) is 4.72. The summed E-state index contributed by atoms with van der Waals surface area (Å²) >= 11 is 0. The second-order valence-electron chi connectivity index (χ2n) is 8.64. The number of hydrogen-bond donors (Lipinski definition) is 1. The lowest BCUT2D eigenvalue weighted by Crippen LogP contribution is -2.24. The monoisotopic (exact) mass is 448 g/mol. The van der Waals surface area contributed by atoms with Crippen LogP contribution in [0.4, 0.5) is 0 Å². The fourth-order valence-corrected chi connectivity index (χ4v) is 4.84. The number of nitrogens with zero attached hydrogens (tertiary/aromatic N) is 6. The van der Waals surface area contributed by atoms with Crippen molar-refractivity contribution in [2.45, 2.75) is 32.7 Å². The molecule has 3 aromatic heterocycles. The molecule has 5 aromatic rings. The average molecular weight is 449 g/mol. The molecular formula is C26H22N7O. The first-order valence-electron chi connectivity index (χ1n) is 11.2. The number of benzene rings is 2. The van der Waals surface area contributed by atoms with Crippen molar-refractivity contribution in [3.05, 3.63) is 100 Å². The van der Waals surface area contributed by atoms with E-state index in [9.17, 15) is 4.79 Å². The van der Waals surface area contributed by atoms with Crippen molar-refractivity contribution in [2.75, 3.05) is 0 Å². The zero-order valence-electron chi connectivity index (χ0n) is 18.9. The number of aryl methyl sites for hydroxylation is 3. The molecule has 8 nitrogen and oxygen atoms in total. The molecule has 0 spiro atoms. The van der Waals surface area contributed by atoms with E-state index in [-0.39, 0.29) is 11.6 Å². The van der Waals surface area contributed by atoms with Gasteiger partial charge in [0.1, 0.15) is 12.2 Å². The van der Waals surface area contributed by atoms with Gasteiger partial charge in [-0.1, -0.05) is 35.9 Å². The van der Waals surface area contributed by atoms with Crippen LogP contribution in [0.1, 0.15) is 35.2 Å². The predicted octanol–water partition coefficient (Wildman–Crippen LogP) is 3.83. The van der Waals surface area contributed by atoms with Crippen molar-refractivity contribution in [3.8, 4) is 28.1 Å². The minimum absolute atomic E-state index is 0.0379. The minimum Gasteiger partial charge on any atom is -0.340 e. The first-order valence-corrected chi connectivity index (χ1v) is 11.2. The highest BCUT2D eigenvalue weighted by Crippen LogP contribution is 2.34. The van der Waals surface area contributed by atoms with E-state index >= 15 is 0 Å². The number of nitrogens with one attached hydrogen (secondary N) is 1. The maximum absolute atomic E-state index is 13.4. The second-order valence-corrected chi connectivity index (χ2v) is 8.64. The quantitative estimate of drug-likeness (QED) is 0.451. The van der Waals surface area contributed by atoms with Gasteiger partial charge >= 0.3 is 0 Å². The van der Waals surface area contributed by atoms with Crippen LogP contribution in [-0.4, -0.2) is 34.7 Å². The Balaban J connectivity index is 1.42. The Morgan fingerprint density at radius 2 is 1.91 bits per heavy atom. The number of tetrazole rings is 1. The van der Waals surface area contributed by atoms with Gasteiger partial charge in [-0.3, -0.25) is 4.79 Å². The van der Waals surface area contributed by atoms with Gasteiger partial charge in [0.2, 0.25) is 0 Å². The molecule has 2 aromatic carbocycles. The zero-order valence-corrected chi connectivity index (χ0v) is 18.9. The van der Waals surface area contributed by atoms with E-state index in [2.05, 4.69) is 38.7 Å². The van der Waals surface area contributed by atoms with Gasteiger partial charge in [-0.2, -0.15) is 4.68 Å². The molecule has 0 fully saturated rings. The molecule has 0 aliphatic carbocycles. The lowest BCUT2D eigenvalue weighted by Gasteiger charge is -2.15. The molecule has 0 amide bonds. The highest BCUT2D eigenvalue weighted by atomic mass is 16.1. The molecule has 1 aliphatic heterocycles. The molecule has 4 heterocycles. The van der Waals surface area contributed by atoms with Gasteiger partial charge in [0.05, 0.1) is 23.1 Å². The molecule has 1 aliphatic rings. The summed E-state index contributed by atoms with van der Waals surface area (Å²) < 4.78 is 3.49. The Bertz CT molecular complexity index is 1550. The highest BCUT2D eigenvalue weighted by Gasteiger charge is 2.28. The molecule has 0 saturated carbocycles. The number of pyridine rings is 1. The van der Waals surface area contributed by atoms with Crippen molar-refractivity contribution in [3.63, 3.8) is 0 Å². The normalized spacial score (nSPS) is 14.9. The van der Waals surface area contributed by atoms with Crippen molar-refractivity contribution in [2.24, 2.45) is 0 Å². The van der Waals surface area contributed by atoms with E-state index in [0.29, 0.717) is 0 Å². The van der Waals surface area contributed by atoms with Gasteiger partial charge in [-0.25, -0.2) is 4.98 Å². The third kappa shape index (κ3) is 3.35. The van der Waals surface area contributed by atoms with Crippen molar-refractivity contribution in [1.82, 2.24) is 34.7 Å². The largest absolute Gasteiger partial charge is 0.340 e.